The molecule has 2 aromatic carbocycles. The molecule has 1 saturated heterocycles. The third-order valence-electron chi connectivity index (χ3n) is 5.38. The predicted molar refractivity (Wildman–Crippen MR) is 110 cm³/mol. The SMILES string of the molecule is CN1c2cc(C(=O)Nc3cccc(Br)c3)ccc2C(=O)N2CCCCC[C@@H]21. The van der Waals surface area contributed by atoms with Crippen LogP contribution < -0.4 is 10.2 Å². The van der Waals surface area contributed by atoms with E-state index in [1.807, 2.05) is 42.3 Å². The number of carbonyl (C=O) groups excluding carboxylic acids is 2. The highest BCUT2D eigenvalue weighted by atomic mass is 79.9. The molecule has 5 nitrogen and oxygen atoms in total. The van der Waals surface area contributed by atoms with E-state index in [1.165, 1.54) is 0 Å². The van der Waals surface area contributed by atoms with E-state index in [4.69, 9.17) is 0 Å². The maximum atomic E-state index is 13.0. The van der Waals surface area contributed by atoms with Gasteiger partial charge in [0.15, 0.2) is 0 Å². The number of halogens is 1. The van der Waals surface area contributed by atoms with Gasteiger partial charge >= 0.3 is 0 Å². The lowest BCUT2D eigenvalue weighted by Gasteiger charge is -2.43. The molecule has 4 rings (SSSR count). The van der Waals surface area contributed by atoms with Gasteiger partial charge in [0.2, 0.25) is 0 Å². The van der Waals surface area contributed by atoms with Crippen LogP contribution >= 0.6 is 15.9 Å². The zero-order valence-electron chi connectivity index (χ0n) is 15.2. The van der Waals surface area contributed by atoms with E-state index in [0.29, 0.717) is 11.1 Å². The van der Waals surface area contributed by atoms with E-state index >= 15 is 0 Å². The van der Waals surface area contributed by atoms with Gasteiger partial charge in [0.25, 0.3) is 11.8 Å². The second-order valence-electron chi connectivity index (χ2n) is 7.14. The molecule has 0 bridgehead atoms. The molecule has 0 radical (unpaired) electrons. The Morgan fingerprint density at radius 3 is 2.81 bits per heavy atom. The summed E-state index contributed by atoms with van der Waals surface area (Å²) in [5.74, 6) is -0.103. The number of rotatable bonds is 2. The normalized spacial score (nSPS) is 19.2. The molecule has 1 atom stereocenters. The molecule has 0 unspecified atom stereocenters. The summed E-state index contributed by atoms with van der Waals surface area (Å²) < 4.78 is 0.907. The molecule has 2 aliphatic heterocycles. The van der Waals surface area contributed by atoms with E-state index in [1.54, 1.807) is 12.1 Å². The Morgan fingerprint density at radius 2 is 2.00 bits per heavy atom. The number of amides is 2. The predicted octanol–water partition coefficient (Wildman–Crippen LogP) is 4.49. The average Bonchev–Trinajstić information content (AvgIpc) is 2.92. The molecule has 0 aliphatic carbocycles. The summed E-state index contributed by atoms with van der Waals surface area (Å²) in [4.78, 5) is 29.8. The summed E-state index contributed by atoms with van der Waals surface area (Å²) in [6, 6.07) is 12.8. The quantitative estimate of drug-likeness (QED) is 0.767. The first-order chi connectivity index (χ1) is 13.0. The molecule has 27 heavy (non-hydrogen) atoms. The fraction of sp³-hybridized carbons (Fsp3) is 0.333. The molecule has 140 valence electrons. The molecule has 2 aromatic rings. The van der Waals surface area contributed by atoms with Crippen LogP contribution in [0, 0.1) is 0 Å². The van der Waals surface area contributed by atoms with Gasteiger partial charge in [-0.1, -0.05) is 28.4 Å². The molecule has 0 aromatic heterocycles. The summed E-state index contributed by atoms with van der Waals surface area (Å²) in [5, 5.41) is 2.92. The first kappa shape index (κ1) is 18.0. The van der Waals surface area contributed by atoms with Crippen molar-refractivity contribution in [2.75, 3.05) is 23.8 Å². The van der Waals surface area contributed by atoms with Crippen molar-refractivity contribution in [2.45, 2.75) is 31.8 Å². The van der Waals surface area contributed by atoms with Crippen LogP contribution in [0.5, 0.6) is 0 Å². The van der Waals surface area contributed by atoms with Crippen LogP contribution in [0.25, 0.3) is 0 Å². The van der Waals surface area contributed by atoms with Crippen molar-refractivity contribution in [1.82, 2.24) is 4.90 Å². The second-order valence-corrected chi connectivity index (χ2v) is 8.05. The summed E-state index contributed by atoms with van der Waals surface area (Å²) >= 11 is 3.41. The number of carbonyl (C=O) groups is 2. The van der Waals surface area contributed by atoms with Gasteiger partial charge < -0.3 is 15.1 Å². The standard InChI is InChI=1S/C21H22BrN3O2/c1-24-18-12-14(20(26)23-16-7-5-6-15(22)13-16)9-10-17(18)21(27)25-11-4-2-3-8-19(24)25/h5-7,9-10,12-13,19H,2-4,8,11H2,1H3,(H,23,26)/t19-/m1/s1. The van der Waals surface area contributed by atoms with Crippen LogP contribution in [0.4, 0.5) is 11.4 Å². The third kappa shape index (κ3) is 3.46. The molecule has 2 aliphatic rings. The van der Waals surface area contributed by atoms with Crippen LogP contribution in [0.1, 0.15) is 46.4 Å². The minimum absolute atomic E-state index is 0.0777. The molecule has 1 fully saturated rings. The van der Waals surface area contributed by atoms with Gasteiger partial charge in [-0.15, -0.1) is 0 Å². The van der Waals surface area contributed by atoms with Crippen molar-refractivity contribution in [1.29, 1.82) is 0 Å². The van der Waals surface area contributed by atoms with Crippen molar-refractivity contribution in [2.24, 2.45) is 0 Å². The Labute approximate surface area is 167 Å². The van der Waals surface area contributed by atoms with Crippen molar-refractivity contribution in [3.8, 4) is 0 Å². The highest BCUT2D eigenvalue weighted by molar-refractivity contribution is 9.10. The van der Waals surface area contributed by atoms with Crippen molar-refractivity contribution in [3.63, 3.8) is 0 Å². The lowest BCUT2D eigenvalue weighted by molar-refractivity contribution is 0.0661. The van der Waals surface area contributed by atoms with E-state index in [-0.39, 0.29) is 18.0 Å². The van der Waals surface area contributed by atoms with Gasteiger partial charge in [-0.3, -0.25) is 9.59 Å². The van der Waals surface area contributed by atoms with Crippen molar-refractivity contribution >= 4 is 39.1 Å². The topological polar surface area (TPSA) is 52.7 Å². The largest absolute Gasteiger partial charge is 0.354 e. The van der Waals surface area contributed by atoms with Gasteiger partial charge in [0, 0.05) is 29.3 Å². The molecule has 6 heteroatoms. The number of fused-ring (bicyclic) bond motifs is 2. The monoisotopic (exact) mass is 427 g/mol. The maximum Gasteiger partial charge on any atom is 0.257 e. The minimum atomic E-state index is -0.181. The number of nitrogens with one attached hydrogen (secondary N) is 1. The average molecular weight is 428 g/mol. The van der Waals surface area contributed by atoms with Gasteiger partial charge in [-0.25, -0.2) is 0 Å². The van der Waals surface area contributed by atoms with E-state index in [9.17, 15) is 9.59 Å². The van der Waals surface area contributed by atoms with Gasteiger partial charge in [0.1, 0.15) is 6.17 Å². The molecule has 0 saturated carbocycles. The van der Waals surface area contributed by atoms with Crippen molar-refractivity contribution < 1.29 is 9.59 Å². The Kier molecular flexibility index (Phi) is 4.91. The van der Waals surface area contributed by atoms with Crippen molar-refractivity contribution in [3.05, 3.63) is 58.1 Å². The number of nitrogens with zero attached hydrogens (tertiary/aromatic N) is 2. The lowest BCUT2D eigenvalue weighted by Crippen LogP contribution is -2.53. The Bertz CT molecular complexity index is 899. The Hall–Kier alpha value is -2.34. The minimum Gasteiger partial charge on any atom is -0.354 e. The maximum absolute atomic E-state index is 13.0. The summed E-state index contributed by atoms with van der Waals surface area (Å²) in [5.41, 5.74) is 2.79. The molecule has 1 N–H and O–H groups in total. The van der Waals surface area contributed by atoms with Crippen LogP contribution in [-0.2, 0) is 0 Å². The lowest BCUT2D eigenvalue weighted by atomic mass is 10.0. The smallest absolute Gasteiger partial charge is 0.257 e. The zero-order chi connectivity index (χ0) is 19.0. The third-order valence-corrected chi connectivity index (χ3v) is 5.88. The highest BCUT2D eigenvalue weighted by Gasteiger charge is 2.36. The van der Waals surface area contributed by atoms with Crippen LogP contribution in [0.2, 0.25) is 0 Å². The summed E-state index contributed by atoms with van der Waals surface area (Å²) in [7, 11) is 2.02. The molecule has 2 heterocycles. The first-order valence-corrected chi connectivity index (χ1v) is 10.1. The van der Waals surface area contributed by atoms with E-state index < -0.39 is 0 Å². The second kappa shape index (κ2) is 7.35. The number of hydrogen-bond acceptors (Lipinski definition) is 3. The zero-order valence-corrected chi connectivity index (χ0v) is 16.8. The fourth-order valence-corrected chi connectivity index (χ4v) is 4.36. The van der Waals surface area contributed by atoms with Gasteiger partial charge in [-0.05, 0) is 55.7 Å². The van der Waals surface area contributed by atoms with Crippen LogP contribution in [-0.4, -0.2) is 36.5 Å². The Morgan fingerprint density at radius 1 is 1.15 bits per heavy atom. The van der Waals surface area contributed by atoms with E-state index in [0.717, 1.165) is 48.1 Å². The van der Waals surface area contributed by atoms with Crippen LogP contribution in [0.3, 0.4) is 0 Å². The van der Waals surface area contributed by atoms with E-state index in [2.05, 4.69) is 26.1 Å². The number of hydrogen-bond donors (Lipinski definition) is 1. The molecule has 0 spiro atoms. The van der Waals surface area contributed by atoms with Gasteiger partial charge in [0.05, 0.1) is 11.3 Å². The van der Waals surface area contributed by atoms with Crippen LogP contribution in [0.15, 0.2) is 46.9 Å². The Balaban J connectivity index is 1.63. The number of anilines is 2. The molecular formula is C21H22BrN3O2. The molecular weight excluding hydrogens is 406 g/mol. The molecule has 2 amide bonds. The summed E-state index contributed by atoms with van der Waals surface area (Å²) in [6.45, 7) is 0.804. The first-order valence-electron chi connectivity index (χ1n) is 9.29. The highest BCUT2D eigenvalue weighted by Crippen LogP contribution is 2.34. The van der Waals surface area contributed by atoms with Gasteiger partial charge in [-0.2, -0.15) is 0 Å². The fourth-order valence-electron chi connectivity index (χ4n) is 3.96. The number of benzene rings is 2. The summed E-state index contributed by atoms with van der Waals surface area (Å²) in [6.07, 6.45) is 4.38.